The van der Waals surface area contributed by atoms with Gasteiger partial charge in [-0.05, 0) is 31.0 Å². The molecule has 0 nitrogen and oxygen atoms in total. The molecule has 0 aliphatic heterocycles. The van der Waals surface area contributed by atoms with Crippen molar-refractivity contribution in [2.24, 2.45) is 0 Å². The Bertz CT molecular complexity index is 243. The summed E-state index contributed by atoms with van der Waals surface area (Å²) in [7, 11) is 2.90. The number of benzene rings is 1. The first kappa shape index (κ1) is 13.7. The lowest BCUT2D eigenvalue weighted by Crippen LogP contribution is -2.00. The normalized spacial score (nSPS) is 11.5. The van der Waals surface area contributed by atoms with Crippen LogP contribution in [0.15, 0.2) is 24.3 Å². The summed E-state index contributed by atoms with van der Waals surface area (Å²) in [5, 5.41) is 0. The van der Waals surface area contributed by atoms with Gasteiger partial charge in [0.2, 0.25) is 0 Å². The Morgan fingerprint density at radius 3 is 2.43 bits per heavy atom. The van der Waals surface area contributed by atoms with Crippen LogP contribution in [0.3, 0.4) is 0 Å². The van der Waals surface area contributed by atoms with E-state index >= 15 is 0 Å². The predicted octanol–water partition coefficient (Wildman–Crippen LogP) is 4.22. The van der Waals surface area contributed by atoms with Gasteiger partial charge in [0.25, 0.3) is 0 Å². The number of rotatable bonds is 3. The van der Waals surface area contributed by atoms with Crippen LogP contribution in [0.1, 0.15) is 38.3 Å². The standard InChI is InChI=1S/C11H17P.C2H6/c1-3-11(12)8-10-6-4-5-9(2)7-10;1-2/h4-7,11H,3,8,12H2,1-2H3;1-2H3. The van der Waals surface area contributed by atoms with Crippen LogP contribution in [0.4, 0.5) is 0 Å². The van der Waals surface area contributed by atoms with Crippen molar-refractivity contribution < 1.29 is 0 Å². The Morgan fingerprint density at radius 2 is 1.93 bits per heavy atom. The van der Waals surface area contributed by atoms with E-state index in [1.807, 2.05) is 13.8 Å². The first-order valence-electron chi connectivity index (χ1n) is 5.53. The van der Waals surface area contributed by atoms with Crippen LogP contribution >= 0.6 is 9.24 Å². The molecule has 1 rings (SSSR count). The highest BCUT2D eigenvalue weighted by atomic mass is 31.0. The second kappa shape index (κ2) is 8.00. The Balaban J connectivity index is 0.000000791. The van der Waals surface area contributed by atoms with Crippen LogP contribution in [0, 0.1) is 6.92 Å². The van der Waals surface area contributed by atoms with Crippen molar-refractivity contribution in [3.8, 4) is 0 Å². The summed E-state index contributed by atoms with van der Waals surface area (Å²) in [6, 6.07) is 8.76. The lowest BCUT2D eigenvalue weighted by molar-refractivity contribution is 0.816. The van der Waals surface area contributed by atoms with Crippen LogP contribution in [-0.2, 0) is 6.42 Å². The summed E-state index contributed by atoms with van der Waals surface area (Å²) in [6.07, 6.45) is 2.42. The zero-order valence-corrected chi connectivity index (χ0v) is 11.0. The van der Waals surface area contributed by atoms with Crippen molar-refractivity contribution in [3.05, 3.63) is 35.4 Å². The van der Waals surface area contributed by atoms with E-state index in [4.69, 9.17) is 0 Å². The summed E-state index contributed by atoms with van der Waals surface area (Å²) >= 11 is 0. The van der Waals surface area contributed by atoms with E-state index in [0.717, 1.165) is 5.66 Å². The van der Waals surface area contributed by atoms with Gasteiger partial charge < -0.3 is 0 Å². The Hall–Kier alpha value is -0.350. The van der Waals surface area contributed by atoms with Gasteiger partial charge in [-0.25, -0.2) is 0 Å². The van der Waals surface area contributed by atoms with Gasteiger partial charge in [-0.2, -0.15) is 0 Å². The van der Waals surface area contributed by atoms with Gasteiger partial charge in [0.15, 0.2) is 0 Å². The van der Waals surface area contributed by atoms with Crippen molar-refractivity contribution in [1.29, 1.82) is 0 Å². The summed E-state index contributed by atoms with van der Waals surface area (Å²) in [4.78, 5) is 0. The first-order valence-corrected chi connectivity index (χ1v) is 6.20. The zero-order chi connectivity index (χ0) is 11.0. The molecule has 0 radical (unpaired) electrons. The molecule has 1 aromatic carbocycles. The number of hydrogen-bond acceptors (Lipinski definition) is 0. The molecule has 0 N–H and O–H groups in total. The fourth-order valence-corrected chi connectivity index (χ4v) is 1.56. The van der Waals surface area contributed by atoms with Gasteiger partial charge in [0.1, 0.15) is 0 Å². The van der Waals surface area contributed by atoms with Gasteiger partial charge in [-0.1, -0.05) is 50.6 Å². The van der Waals surface area contributed by atoms with Crippen molar-refractivity contribution in [3.63, 3.8) is 0 Å². The minimum absolute atomic E-state index is 0.729. The fraction of sp³-hybridized carbons (Fsp3) is 0.538. The highest BCUT2D eigenvalue weighted by molar-refractivity contribution is 7.17. The molecule has 1 heteroatoms. The Labute approximate surface area is 91.3 Å². The number of hydrogen-bond donors (Lipinski definition) is 0. The van der Waals surface area contributed by atoms with Crippen molar-refractivity contribution >= 4 is 9.24 Å². The molecule has 0 bridgehead atoms. The Kier molecular flexibility index (Phi) is 7.80. The molecule has 0 saturated heterocycles. The molecule has 2 unspecified atom stereocenters. The monoisotopic (exact) mass is 210 g/mol. The molecular formula is C13H23P. The van der Waals surface area contributed by atoms with E-state index in [1.165, 1.54) is 24.0 Å². The van der Waals surface area contributed by atoms with E-state index < -0.39 is 0 Å². The molecule has 0 heterocycles. The van der Waals surface area contributed by atoms with Gasteiger partial charge in [-0.3, -0.25) is 0 Å². The molecule has 0 aromatic heterocycles. The van der Waals surface area contributed by atoms with Crippen LogP contribution in [0.5, 0.6) is 0 Å². The van der Waals surface area contributed by atoms with E-state index in [9.17, 15) is 0 Å². The highest BCUT2D eigenvalue weighted by Gasteiger charge is 2.00. The Morgan fingerprint density at radius 1 is 1.29 bits per heavy atom. The van der Waals surface area contributed by atoms with Gasteiger partial charge in [0, 0.05) is 0 Å². The lowest BCUT2D eigenvalue weighted by Gasteiger charge is -2.08. The molecule has 2 atom stereocenters. The average molecular weight is 210 g/mol. The molecule has 14 heavy (non-hydrogen) atoms. The fourth-order valence-electron chi connectivity index (χ4n) is 1.29. The minimum Gasteiger partial charge on any atom is -0.134 e. The van der Waals surface area contributed by atoms with Crippen molar-refractivity contribution in [2.45, 2.75) is 46.2 Å². The number of aryl methyl sites for hydroxylation is 1. The van der Waals surface area contributed by atoms with E-state index in [-0.39, 0.29) is 0 Å². The molecule has 0 amide bonds. The first-order chi connectivity index (χ1) is 6.72. The van der Waals surface area contributed by atoms with E-state index in [2.05, 4.69) is 47.4 Å². The van der Waals surface area contributed by atoms with Crippen LogP contribution in [-0.4, -0.2) is 5.66 Å². The molecule has 0 saturated carbocycles. The molecular weight excluding hydrogens is 187 g/mol. The third-order valence-corrected chi connectivity index (χ3v) is 2.81. The topological polar surface area (TPSA) is 0 Å². The molecule has 80 valence electrons. The summed E-state index contributed by atoms with van der Waals surface area (Å²) < 4.78 is 0. The molecule has 0 fully saturated rings. The lowest BCUT2D eigenvalue weighted by atomic mass is 10.1. The zero-order valence-electron chi connectivity index (χ0n) is 9.88. The SMILES string of the molecule is CC.CCC(P)Cc1cccc(C)c1. The second-order valence-corrected chi connectivity index (χ2v) is 4.30. The van der Waals surface area contributed by atoms with Gasteiger partial charge >= 0.3 is 0 Å². The maximum Gasteiger partial charge on any atom is -0.0216 e. The second-order valence-electron chi connectivity index (χ2n) is 3.36. The summed E-state index contributed by atoms with van der Waals surface area (Å²) in [5.74, 6) is 0. The van der Waals surface area contributed by atoms with Crippen molar-refractivity contribution in [2.75, 3.05) is 0 Å². The largest absolute Gasteiger partial charge is 0.134 e. The van der Waals surface area contributed by atoms with E-state index in [0.29, 0.717) is 0 Å². The third kappa shape index (κ3) is 5.40. The molecule has 0 aliphatic rings. The third-order valence-electron chi connectivity index (χ3n) is 2.10. The smallest absolute Gasteiger partial charge is 0.0216 e. The van der Waals surface area contributed by atoms with Crippen LogP contribution in [0.25, 0.3) is 0 Å². The van der Waals surface area contributed by atoms with Crippen LogP contribution in [0.2, 0.25) is 0 Å². The van der Waals surface area contributed by atoms with Gasteiger partial charge in [0.05, 0.1) is 0 Å². The molecule has 0 spiro atoms. The van der Waals surface area contributed by atoms with Gasteiger partial charge in [-0.15, -0.1) is 9.24 Å². The summed E-state index contributed by atoms with van der Waals surface area (Å²) in [6.45, 7) is 8.38. The maximum absolute atomic E-state index is 2.90. The minimum atomic E-state index is 0.729. The average Bonchev–Trinajstić information content (AvgIpc) is 2.21. The maximum atomic E-state index is 2.90. The molecule has 1 aromatic rings. The molecule has 0 aliphatic carbocycles. The van der Waals surface area contributed by atoms with E-state index in [1.54, 1.807) is 0 Å². The quantitative estimate of drug-likeness (QED) is 0.655. The summed E-state index contributed by atoms with van der Waals surface area (Å²) in [5.41, 5.74) is 3.55. The highest BCUT2D eigenvalue weighted by Crippen LogP contribution is 2.13. The van der Waals surface area contributed by atoms with Crippen LogP contribution < -0.4 is 0 Å². The predicted molar refractivity (Wildman–Crippen MR) is 70.0 cm³/mol. The van der Waals surface area contributed by atoms with Crippen molar-refractivity contribution in [1.82, 2.24) is 0 Å².